The molecule has 2 fully saturated rings. The van der Waals surface area contributed by atoms with Crippen molar-refractivity contribution in [1.82, 2.24) is 10.3 Å². The van der Waals surface area contributed by atoms with Gasteiger partial charge in [0.05, 0.1) is 49.1 Å². The van der Waals surface area contributed by atoms with Crippen LogP contribution in [0.25, 0.3) is 10.4 Å². The number of aromatic nitrogens is 1. The average Bonchev–Trinajstić information content (AvgIpc) is 3.16. The number of thiazole rings is 1. The van der Waals surface area contributed by atoms with E-state index in [1.54, 1.807) is 17.4 Å². The van der Waals surface area contributed by atoms with Crippen molar-refractivity contribution in [2.45, 2.75) is 67.7 Å². The Morgan fingerprint density at radius 1 is 1.31 bits per heavy atom. The van der Waals surface area contributed by atoms with Crippen LogP contribution in [-0.4, -0.2) is 45.9 Å². The SMILES string of the molecule is CC(C)OC(=O)N[C@H]1CC[C@H](c2ncc(-c3ccc(Br)cc3S(=N)(=O)C3COC3)s2)CC1. The summed E-state index contributed by atoms with van der Waals surface area (Å²) in [5, 5.41) is 3.74. The fraction of sp³-hybridized carbons (Fsp3) is 0.545. The molecule has 1 aromatic heterocycles. The predicted octanol–water partition coefficient (Wildman–Crippen LogP) is 5.54. The van der Waals surface area contributed by atoms with Gasteiger partial charge in [0.25, 0.3) is 0 Å². The first kappa shape index (κ1) is 23.7. The van der Waals surface area contributed by atoms with Gasteiger partial charge >= 0.3 is 6.09 Å². The van der Waals surface area contributed by atoms with Crippen LogP contribution in [0.5, 0.6) is 0 Å². The zero-order chi connectivity index (χ0) is 22.9. The highest BCUT2D eigenvalue weighted by Gasteiger charge is 2.33. The lowest BCUT2D eigenvalue weighted by Gasteiger charge is -2.29. The van der Waals surface area contributed by atoms with Gasteiger partial charge in [-0.3, -0.25) is 0 Å². The normalized spacial score (nSPS) is 23.4. The van der Waals surface area contributed by atoms with Crippen LogP contribution in [0, 0.1) is 4.78 Å². The summed E-state index contributed by atoms with van der Waals surface area (Å²) >= 11 is 5.07. The van der Waals surface area contributed by atoms with E-state index in [2.05, 4.69) is 26.2 Å². The average molecular weight is 543 g/mol. The molecule has 2 aliphatic rings. The van der Waals surface area contributed by atoms with Crippen molar-refractivity contribution in [1.29, 1.82) is 4.78 Å². The van der Waals surface area contributed by atoms with Crippen LogP contribution in [0.3, 0.4) is 0 Å². The monoisotopic (exact) mass is 541 g/mol. The number of carbonyl (C=O) groups is 1. The Morgan fingerprint density at radius 2 is 2.03 bits per heavy atom. The summed E-state index contributed by atoms with van der Waals surface area (Å²) in [5.74, 6) is 0.340. The van der Waals surface area contributed by atoms with Crippen LogP contribution >= 0.6 is 27.3 Å². The molecule has 10 heteroatoms. The zero-order valence-corrected chi connectivity index (χ0v) is 21.4. The third-order valence-corrected chi connectivity index (χ3v) is 9.77. The van der Waals surface area contributed by atoms with Gasteiger partial charge < -0.3 is 14.8 Å². The third-order valence-electron chi connectivity index (χ3n) is 5.88. The summed E-state index contributed by atoms with van der Waals surface area (Å²) in [6.07, 6.45) is 5.03. The van der Waals surface area contributed by atoms with Gasteiger partial charge in [0.1, 0.15) is 0 Å². The molecule has 1 saturated heterocycles. The number of benzene rings is 1. The highest BCUT2D eigenvalue weighted by molar-refractivity contribution is 9.10. The number of nitrogens with one attached hydrogen (secondary N) is 2. The highest BCUT2D eigenvalue weighted by Crippen LogP contribution is 2.41. The molecular formula is C22H28BrN3O4S2. The minimum atomic E-state index is -2.97. The lowest BCUT2D eigenvalue weighted by molar-refractivity contribution is 0.0427. The molecule has 0 bridgehead atoms. The van der Waals surface area contributed by atoms with E-state index in [0.29, 0.717) is 24.0 Å². The number of carbonyl (C=O) groups excluding carboxylic acids is 1. The number of rotatable bonds is 6. The first-order valence-electron chi connectivity index (χ1n) is 10.8. The van der Waals surface area contributed by atoms with Gasteiger partial charge in [0, 0.05) is 28.2 Å². The molecular weight excluding hydrogens is 514 g/mol. The molecule has 1 atom stereocenters. The molecule has 7 nitrogen and oxygen atoms in total. The number of hydrogen-bond donors (Lipinski definition) is 2. The van der Waals surface area contributed by atoms with Crippen molar-refractivity contribution in [2.24, 2.45) is 0 Å². The van der Waals surface area contributed by atoms with Crippen molar-refractivity contribution in [3.63, 3.8) is 0 Å². The van der Waals surface area contributed by atoms with Crippen LogP contribution in [0.2, 0.25) is 0 Å². The Hall–Kier alpha value is -1.49. The molecule has 2 aromatic rings. The Kier molecular flexibility index (Phi) is 7.24. The van der Waals surface area contributed by atoms with E-state index in [9.17, 15) is 9.00 Å². The van der Waals surface area contributed by atoms with E-state index in [1.165, 1.54) is 0 Å². The van der Waals surface area contributed by atoms with Crippen molar-refractivity contribution in [2.75, 3.05) is 13.2 Å². The third kappa shape index (κ3) is 5.18. The van der Waals surface area contributed by atoms with Gasteiger partial charge in [-0.25, -0.2) is 18.8 Å². The molecule has 1 aromatic carbocycles. The number of nitrogens with zero attached hydrogens (tertiary/aromatic N) is 1. The predicted molar refractivity (Wildman–Crippen MR) is 129 cm³/mol. The Morgan fingerprint density at radius 3 is 2.66 bits per heavy atom. The van der Waals surface area contributed by atoms with Gasteiger partial charge in [0.15, 0.2) is 0 Å². The smallest absolute Gasteiger partial charge is 0.407 e. The molecule has 1 saturated carbocycles. The summed E-state index contributed by atoms with van der Waals surface area (Å²) < 4.78 is 33.1. The van der Waals surface area contributed by atoms with Gasteiger partial charge in [-0.1, -0.05) is 22.0 Å². The maximum absolute atomic E-state index is 13.3. The second-order valence-electron chi connectivity index (χ2n) is 8.61. The van der Waals surface area contributed by atoms with Gasteiger partial charge in [-0.05, 0) is 51.7 Å². The van der Waals surface area contributed by atoms with E-state index in [1.807, 2.05) is 32.2 Å². The van der Waals surface area contributed by atoms with Crippen LogP contribution in [-0.2, 0) is 19.2 Å². The fourth-order valence-corrected chi connectivity index (χ4v) is 7.48. The summed E-state index contributed by atoms with van der Waals surface area (Å²) in [7, 11) is -2.97. The van der Waals surface area contributed by atoms with Crippen molar-refractivity contribution in [3.8, 4) is 10.4 Å². The minimum Gasteiger partial charge on any atom is -0.447 e. The Balaban J connectivity index is 1.47. The zero-order valence-electron chi connectivity index (χ0n) is 18.1. The van der Waals surface area contributed by atoms with Crippen LogP contribution in [0.4, 0.5) is 4.79 Å². The Labute approximate surface area is 201 Å². The number of alkyl carbamates (subject to hydrolysis) is 1. The molecule has 2 heterocycles. The molecule has 1 unspecified atom stereocenters. The minimum absolute atomic E-state index is 0.126. The van der Waals surface area contributed by atoms with E-state index in [4.69, 9.17) is 14.3 Å². The molecule has 0 radical (unpaired) electrons. The molecule has 4 rings (SSSR count). The fourth-order valence-electron chi connectivity index (χ4n) is 4.04. The largest absolute Gasteiger partial charge is 0.447 e. The maximum atomic E-state index is 13.3. The molecule has 32 heavy (non-hydrogen) atoms. The quantitative estimate of drug-likeness (QED) is 0.499. The number of ether oxygens (including phenoxy) is 2. The lowest BCUT2D eigenvalue weighted by atomic mass is 9.86. The molecule has 2 N–H and O–H groups in total. The van der Waals surface area contributed by atoms with Gasteiger partial charge in [-0.15, -0.1) is 11.3 Å². The molecule has 0 spiro atoms. The summed E-state index contributed by atoms with van der Waals surface area (Å²) in [5.41, 5.74) is 0.815. The highest BCUT2D eigenvalue weighted by atomic mass is 79.9. The summed E-state index contributed by atoms with van der Waals surface area (Å²) in [6.45, 7) is 4.41. The van der Waals surface area contributed by atoms with E-state index >= 15 is 0 Å². The Bertz CT molecular complexity index is 1070. The molecule has 1 aliphatic heterocycles. The van der Waals surface area contributed by atoms with Crippen LogP contribution < -0.4 is 5.32 Å². The lowest BCUT2D eigenvalue weighted by Crippen LogP contribution is -2.40. The second-order valence-corrected chi connectivity index (χ2v) is 12.9. The summed E-state index contributed by atoms with van der Waals surface area (Å²) in [6, 6.07) is 5.77. The number of hydrogen-bond acceptors (Lipinski definition) is 7. The maximum Gasteiger partial charge on any atom is 0.407 e. The topological polar surface area (TPSA) is 101 Å². The van der Waals surface area contributed by atoms with E-state index < -0.39 is 9.73 Å². The molecule has 1 amide bonds. The van der Waals surface area contributed by atoms with Gasteiger partial charge in [-0.2, -0.15) is 0 Å². The molecule has 174 valence electrons. The standard InChI is InChI=1S/C22H28BrN3O4S2/c1-13(2)30-22(27)26-16-6-3-14(4-7-16)21-25-10-19(31-21)18-8-5-15(23)9-20(18)32(24,28)17-11-29-12-17/h5,8-10,13-14,16-17,24H,3-4,6-7,11-12H2,1-2H3,(H,26,27)/t14-,16-,32?. The van der Waals surface area contributed by atoms with E-state index in [-0.39, 0.29) is 23.5 Å². The van der Waals surface area contributed by atoms with E-state index in [0.717, 1.165) is 45.6 Å². The van der Waals surface area contributed by atoms with Crippen LogP contribution in [0.1, 0.15) is 50.5 Å². The first-order valence-corrected chi connectivity index (χ1v) is 14.0. The second kappa shape index (κ2) is 9.79. The van der Waals surface area contributed by atoms with Crippen molar-refractivity contribution >= 4 is 43.1 Å². The van der Waals surface area contributed by atoms with Crippen LogP contribution in [0.15, 0.2) is 33.8 Å². The number of amides is 1. The van der Waals surface area contributed by atoms with Crippen molar-refractivity contribution in [3.05, 3.63) is 33.9 Å². The first-order chi connectivity index (χ1) is 15.2. The van der Waals surface area contributed by atoms with Crippen molar-refractivity contribution < 1.29 is 18.5 Å². The summed E-state index contributed by atoms with van der Waals surface area (Å²) in [4.78, 5) is 18.0. The van der Waals surface area contributed by atoms with Gasteiger partial charge in [0.2, 0.25) is 0 Å². The molecule has 1 aliphatic carbocycles. The number of halogens is 1.